The van der Waals surface area contributed by atoms with Gasteiger partial charge in [-0.3, -0.25) is 4.55 Å². The summed E-state index contributed by atoms with van der Waals surface area (Å²) in [6.07, 6.45) is 0. The van der Waals surface area contributed by atoms with Gasteiger partial charge >= 0.3 is 0 Å². The van der Waals surface area contributed by atoms with Gasteiger partial charge in [-0.25, -0.2) is 0 Å². The summed E-state index contributed by atoms with van der Waals surface area (Å²) in [5, 5.41) is 0. The molecule has 3 rings (SSSR count). The van der Waals surface area contributed by atoms with Crippen molar-refractivity contribution in [3.63, 3.8) is 0 Å². The second-order valence-electron chi connectivity index (χ2n) is 4.89. The molecule has 3 nitrogen and oxygen atoms in total. The predicted molar refractivity (Wildman–Crippen MR) is 87.1 cm³/mol. The fourth-order valence-electron chi connectivity index (χ4n) is 2.50. The van der Waals surface area contributed by atoms with E-state index in [1.807, 2.05) is 60.7 Å². The highest BCUT2D eigenvalue weighted by atomic mass is 32.2. The van der Waals surface area contributed by atoms with Crippen LogP contribution in [-0.2, 0) is 10.1 Å². The molecule has 1 N–H and O–H groups in total. The fraction of sp³-hybridized carbons (Fsp3) is 0. The molecule has 0 bridgehead atoms. The van der Waals surface area contributed by atoms with Crippen molar-refractivity contribution < 1.29 is 13.0 Å². The third-order valence-electron chi connectivity index (χ3n) is 3.44. The molecule has 0 amide bonds. The topological polar surface area (TPSA) is 54.4 Å². The maximum absolute atomic E-state index is 12.0. The highest BCUT2D eigenvalue weighted by Crippen LogP contribution is 2.35. The molecule has 0 saturated heterocycles. The average molecular weight is 310 g/mol. The van der Waals surface area contributed by atoms with Gasteiger partial charge in [0.2, 0.25) is 0 Å². The Kier molecular flexibility index (Phi) is 3.79. The minimum atomic E-state index is -4.36. The third kappa shape index (κ3) is 2.79. The molecular formula is C18H14O3S. The van der Waals surface area contributed by atoms with Crippen molar-refractivity contribution in [2.45, 2.75) is 4.90 Å². The third-order valence-corrected chi connectivity index (χ3v) is 4.40. The maximum Gasteiger partial charge on any atom is 0.295 e. The first-order valence-corrected chi connectivity index (χ1v) is 8.23. The van der Waals surface area contributed by atoms with E-state index in [-0.39, 0.29) is 4.90 Å². The SMILES string of the molecule is O=S(=O)(O)c1c(-c2ccccc2)cccc1-c1ccccc1. The van der Waals surface area contributed by atoms with E-state index in [0.717, 1.165) is 11.1 Å². The molecule has 3 aromatic rings. The zero-order chi connectivity index (χ0) is 15.6. The molecule has 3 aromatic carbocycles. The van der Waals surface area contributed by atoms with E-state index < -0.39 is 10.1 Å². The number of hydrogen-bond acceptors (Lipinski definition) is 2. The number of benzene rings is 3. The summed E-state index contributed by atoms with van der Waals surface area (Å²) >= 11 is 0. The zero-order valence-corrected chi connectivity index (χ0v) is 12.5. The summed E-state index contributed by atoms with van der Waals surface area (Å²) < 4.78 is 33.7. The van der Waals surface area contributed by atoms with Gasteiger partial charge in [-0.1, -0.05) is 78.9 Å². The maximum atomic E-state index is 12.0. The molecule has 0 aliphatic carbocycles. The van der Waals surface area contributed by atoms with Crippen LogP contribution in [0.2, 0.25) is 0 Å². The monoisotopic (exact) mass is 310 g/mol. The second-order valence-corrected chi connectivity index (χ2v) is 6.25. The Morgan fingerprint density at radius 3 is 1.36 bits per heavy atom. The van der Waals surface area contributed by atoms with E-state index in [1.54, 1.807) is 18.2 Å². The van der Waals surface area contributed by atoms with E-state index in [2.05, 4.69) is 0 Å². The van der Waals surface area contributed by atoms with Gasteiger partial charge in [0.25, 0.3) is 10.1 Å². The molecule has 0 saturated carbocycles. The normalized spacial score (nSPS) is 11.3. The van der Waals surface area contributed by atoms with E-state index in [9.17, 15) is 13.0 Å². The molecule has 110 valence electrons. The van der Waals surface area contributed by atoms with E-state index in [0.29, 0.717) is 11.1 Å². The lowest BCUT2D eigenvalue weighted by molar-refractivity contribution is 0.484. The van der Waals surface area contributed by atoms with Gasteiger partial charge in [0.1, 0.15) is 4.90 Å². The van der Waals surface area contributed by atoms with Gasteiger partial charge in [0.05, 0.1) is 0 Å². The standard InChI is InChI=1S/C18H14O3S/c19-22(20,21)18-16(14-8-3-1-4-9-14)12-7-13-17(18)15-10-5-2-6-11-15/h1-13H,(H,19,20,21). The number of rotatable bonds is 3. The van der Waals surface area contributed by atoms with Crippen LogP contribution in [0.4, 0.5) is 0 Å². The Morgan fingerprint density at radius 1 is 0.591 bits per heavy atom. The first kappa shape index (κ1) is 14.5. The lowest BCUT2D eigenvalue weighted by Crippen LogP contribution is -2.03. The predicted octanol–water partition coefficient (Wildman–Crippen LogP) is 4.27. The Bertz CT molecular complexity index is 828. The summed E-state index contributed by atoms with van der Waals surface area (Å²) in [6, 6.07) is 23.5. The Balaban J connectivity index is 2.34. The van der Waals surface area contributed by atoms with Gasteiger partial charge in [0.15, 0.2) is 0 Å². The average Bonchev–Trinajstić information content (AvgIpc) is 2.55. The van der Waals surface area contributed by atoms with Crippen LogP contribution >= 0.6 is 0 Å². The van der Waals surface area contributed by atoms with Crippen molar-refractivity contribution in [2.75, 3.05) is 0 Å². The van der Waals surface area contributed by atoms with Crippen LogP contribution in [0, 0.1) is 0 Å². The fourth-order valence-corrected chi connectivity index (χ4v) is 3.43. The first-order valence-electron chi connectivity index (χ1n) is 6.79. The molecule has 0 aliphatic heterocycles. The van der Waals surface area contributed by atoms with Gasteiger partial charge in [0, 0.05) is 11.1 Å². The lowest BCUT2D eigenvalue weighted by Gasteiger charge is -2.13. The van der Waals surface area contributed by atoms with Crippen molar-refractivity contribution in [2.24, 2.45) is 0 Å². The van der Waals surface area contributed by atoms with E-state index in [4.69, 9.17) is 0 Å². The quantitative estimate of drug-likeness (QED) is 0.735. The highest BCUT2D eigenvalue weighted by Gasteiger charge is 2.21. The van der Waals surface area contributed by atoms with Crippen LogP contribution in [0.1, 0.15) is 0 Å². The molecule has 22 heavy (non-hydrogen) atoms. The number of hydrogen-bond donors (Lipinski definition) is 1. The molecule has 0 radical (unpaired) electrons. The van der Waals surface area contributed by atoms with Crippen LogP contribution in [0.25, 0.3) is 22.3 Å². The molecule has 4 heteroatoms. The second kappa shape index (κ2) is 5.75. The smallest absolute Gasteiger partial charge is 0.282 e. The molecule has 0 heterocycles. The lowest BCUT2D eigenvalue weighted by atomic mass is 9.99. The zero-order valence-electron chi connectivity index (χ0n) is 11.7. The minimum absolute atomic E-state index is 0.0626. The van der Waals surface area contributed by atoms with Crippen molar-refractivity contribution in [1.82, 2.24) is 0 Å². The van der Waals surface area contributed by atoms with Crippen molar-refractivity contribution >= 4 is 10.1 Å². The minimum Gasteiger partial charge on any atom is -0.282 e. The van der Waals surface area contributed by atoms with Gasteiger partial charge < -0.3 is 0 Å². The van der Waals surface area contributed by atoms with Crippen LogP contribution in [0.15, 0.2) is 83.8 Å². The Morgan fingerprint density at radius 2 is 1.00 bits per heavy atom. The van der Waals surface area contributed by atoms with Gasteiger partial charge in [-0.05, 0) is 11.1 Å². The summed E-state index contributed by atoms with van der Waals surface area (Å²) in [6.45, 7) is 0. The summed E-state index contributed by atoms with van der Waals surface area (Å²) in [7, 11) is -4.36. The van der Waals surface area contributed by atoms with Crippen molar-refractivity contribution in [1.29, 1.82) is 0 Å². The molecule has 0 atom stereocenters. The first-order chi connectivity index (χ1) is 10.6. The molecule has 0 spiro atoms. The summed E-state index contributed by atoms with van der Waals surface area (Å²) in [5.74, 6) is 0. The van der Waals surface area contributed by atoms with Crippen LogP contribution in [-0.4, -0.2) is 13.0 Å². The molecule has 0 aromatic heterocycles. The van der Waals surface area contributed by atoms with Crippen LogP contribution in [0.5, 0.6) is 0 Å². The van der Waals surface area contributed by atoms with E-state index >= 15 is 0 Å². The summed E-state index contributed by atoms with van der Waals surface area (Å²) in [5.41, 5.74) is 2.47. The Hall–Kier alpha value is -2.43. The molecule has 0 unspecified atom stereocenters. The van der Waals surface area contributed by atoms with Crippen molar-refractivity contribution in [3.05, 3.63) is 78.9 Å². The molecular weight excluding hydrogens is 296 g/mol. The summed E-state index contributed by atoms with van der Waals surface area (Å²) in [4.78, 5) is -0.0626. The highest BCUT2D eigenvalue weighted by molar-refractivity contribution is 7.86. The van der Waals surface area contributed by atoms with Crippen molar-refractivity contribution in [3.8, 4) is 22.3 Å². The van der Waals surface area contributed by atoms with E-state index in [1.165, 1.54) is 0 Å². The molecule has 0 fully saturated rings. The van der Waals surface area contributed by atoms with Gasteiger partial charge in [-0.2, -0.15) is 8.42 Å². The van der Waals surface area contributed by atoms with Crippen LogP contribution in [0.3, 0.4) is 0 Å². The molecule has 0 aliphatic rings. The largest absolute Gasteiger partial charge is 0.295 e. The Labute approximate surface area is 129 Å². The van der Waals surface area contributed by atoms with Gasteiger partial charge in [-0.15, -0.1) is 0 Å². The van der Waals surface area contributed by atoms with Crippen LogP contribution < -0.4 is 0 Å².